The van der Waals surface area contributed by atoms with Crippen molar-refractivity contribution in [3.05, 3.63) is 24.0 Å². The first kappa shape index (κ1) is 10.9. The molecule has 1 saturated carbocycles. The zero-order valence-electron chi connectivity index (χ0n) is 9.68. The lowest BCUT2D eigenvalue weighted by Crippen LogP contribution is -2.36. The van der Waals surface area contributed by atoms with Gasteiger partial charge in [-0.05, 0) is 37.8 Å². The summed E-state index contributed by atoms with van der Waals surface area (Å²) >= 11 is 0. The number of carbonyl (C=O) groups excluding carboxylic acids is 1. The molecule has 1 atom stereocenters. The van der Waals surface area contributed by atoms with Gasteiger partial charge in [0.1, 0.15) is 5.69 Å². The third-order valence-corrected chi connectivity index (χ3v) is 3.24. The van der Waals surface area contributed by atoms with E-state index in [1.165, 1.54) is 12.8 Å². The predicted molar refractivity (Wildman–Crippen MR) is 62.9 cm³/mol. The molecule has 2 N–H and O–H groups in total. The van der Waals surface area contributed by atoms with Crippen molar-refractivity contribution in [1.82, 2.24) is 9.88 Å². The van der Waals surface area contributed by atoms with Crippen molar-refractivity contribution in [2.75, 3.05) is 12.8 Å². The van der Waals surface area contributed by atoms with E-state index in [0.29, 0.717) is 17.3 Å². The summed E-state index contributed by atoms with van der Waals surface area (Å²) in [7, 11) is 1.83. The van der Waals surface area contributed by atoms with Crippen LogP contribution in [0.3, 0.4) is 0 Å². The minimum absolute atomic E-state index is 0.0494. The van der Waals surface area contributed by atoms with Crippen LogP contribution in [-0.4, -0.2) is 28.9 Å². The second-order valence-electron chi connectivity index (χ2n) is 4.47. The zero-order chi connectivity index (χ0) is 11.7. The highest BCUT2D eigenvalue weighted by molar-refractivity contribution is 5.93. The average molecular weight is 219 g/mol. The summed E-state index contributed by atoms with van der Waals surface area (Å²) < 4.78 is 0. The van der Waals surface area contributed by atoms with Gasteiger partial charge in [0.2, 0.25) is 0 Å². The minimum atomic E-state index is -0.0494. The quantitative estimate of drug-likeness (QED) is 0.838. The summed E-state index contributed by atoms with van der Waals surface area (Å²) in [5.74, 6) is 0.613. The SMILES string of the molecule is CC(C1CC1)N(C)C(=O)c1cc(N)ccn1. The monoisotopic (exact) mass is 219 g/mol. The number of amides is 1. The van der Waals surface area contributed by atoms with E-state index in [0.717, 1.165) is 0 Å². The average Bonchev–Trinajstić information content (AvgIpc) is 3.10. The van der Waals surface area contributed by atoms with Crippen LogP contribution in [0.2, 0.25) is 0 Å². The number of anilines is 1. The molecule has 1 heterocycles. The molecule has 1 aromatic heterocycles. The van der Waals surface area contributed by atoms with Gasteiger partial charge in [-0.2, -0.15) is 0 Å². The molecule has 0 bridgehead atoms. The Morgan fingerprint density at radius 3 is 2.88 bits per heavy atom. The molecule has 0 aromatic carbocycles. The number of pyridine rings is 1. The number of aromatic nitrogens is 1. The smallest absolute Gasteiger partial charge is 0.272 e. The van der Waals surface area contributed by atoms with Crippen LogP contribution in [0.4, 0.5) is 5.69 Å². The van der Waals surface area contributed by atoms with Crippen molar-refractivity contribution in [3.63, 3.8) is 0 Å². The topological polar surface area (TPSA) is 59.2 Å². The summed E-state index contributed by atoms with van der Waals surface area (Å²) in [5.41, 5.74) is 6.63. The van der Waals surface area contributed by atoms with Gasteiger partial charge in [-0.15, -0.1) is 0 Å². The highest BCUT2D eigenvalue weighted by Gasteiger charge is 2.32. The molecule has 4 heteroatoms. The van der Waals surface area contributed by atoms with Gasteiger partial charge in [-0.25, -0.2) is 0 Å². The van der Waals surface area contributed by atoms with Gasteiger partial charge in [0.15, 0.2) is 0 Å². The van der Waals surface area contributed by atoms with Gasteiger partial charge in [0.25, 0.3) is 5.91 Å². The third-order valence-electron chi connectivity index (χ3n) is 3.24. The molecule has 1 fully saturated rings. The number of rotatable bonds is 3. The second-order valence-corrected chi connectivity index (χ2v) is 4.47. The Bertz CT molecular complexity index is 401. The number of hydrogen-bond acceptors (Lipinski definition) is 3. The molecule has 1 aliphatic carbocycles. The van der Waals surface area contributed by atoms with Gasteiger partial charge in [0, 0.05) is 25.0 Å². The van der Waals surface area contributed by atoms with Gasteiger partial charge in [-0.1, -0.05) is 0 Å². The fraction of sp³-hybridized carbons (Fsp3) is 0.500. The summed E-state index contributed by atoms with van der Waals surface area (Å²) in [6.45, 7) is 2.09. The van der Waals surface area contributed by atoms with E-state index in [1.807, 2.05) is 7.05 Å². The van der Waals surface area contributed by atoms with Gasteiger partial charge in [-0.3, -0.25) is 9.78 Å². The molecular weight excluding hydrogens is 202 g/mol. The van der Waals surface area contributed by atoms with Gasteiger partial charge in [0.05, 0.1) is 0 Å². The first-order valence-electron chi connectivity index (χ1n) is 5.58. The lowest BCUT2D eigenvalue weighted by Gasteiger charge is -2.24. The number of carbonyl (C=O) groups is 1. The summed E-state index contributed by atoms with van der Waals surface area (Å²) in [6.07, 6.45) is 4.02. The molecule has 4 nitrogen and oxygen atoms in total. The molecule has 1 unspecified atom stereocenters. The predicted octanol–water partition coefficient (Wildman–Crippen LogP) is 1.53. The van der Waals surface area contributed by atoms with Crippen molar-refractivity contribution in [2.24, 2.45) is 5.92 Å². The van der Waals surface area contributed by atoms with Crippen molar-refractivity contribution < 1.29 is 4.79 Å². The maximum absolute atomic E-state index is 12.1. The van der Waals surface area contributed by atoms with E-state index in [9.17, 15) is 4.79 Å². The summed E-state index contributed by atoms with van der Waals surface area (Å²) in [4.78, 5) is 17.9. The van der Waals surface area contributed by atoms with E-state index < -0.39 is 0 Å². The molecule has 0 radical (unpaired) electrons. The number of nitrogens with zero attached hydrogens (tertiary/aromatic N) is 2. The molecule has 2 rings (SSSR count). The third kappa shape index (κ3) is 2.15. The molecule has 0 saturated heterocycles. The Morgan fingerprint density at radius 2 is 2.31 bits per heavy atom. The summed E-state index contributed by atoms with van der Waals surface area (Å²) in [6, 6.07) is 3.59. The van der Waals surface area contributed by atoms with Crippen LogP contribution in [0.25, 0.3) is 0 Å². The van der Waals surface area contributed by atoms with Crippen molar-refractivity contribution in [2.45, 2.75) is 25.8 Å². The Hall–Kier alpha value is -1.58. The first-order valence-corrected chi connectivity index (χ1v) is 5.58. The molecule has 16 heavy (non-hydrogen) atoms. The van der Waals surface area contributed by atoms with Crippen LogP contribution < -0.4 is 5.73 Å². The van der Waals surface area contributed by atoms with E-state index in [2.05, 4.69) is 11.9 Å². The van der Waals surface area contributed by atoms with Crippen LogP contribution >= 0.6 is 0 Å². The lowest BCUT2D eigenvalue weighted by molar-refractivity contribution is 0.0721. The molecule has 0 aliphatic heterocycles. The fourth-order valence-corrected chi connectivity index (χ4v) is 1.82. The van der Waals surface area contributed by atoms with E-state index in [-0.39, 0.29) is 11.9 Å². The van der Waals surface area contributed by atoms with Crippen LogP contribution in [0, 0.1) is 5.92 Å². The molecule has 1 amide bonds. The minimum Gasteiger partial charge on any atom is -0.399 e. The highest BCUT2D eigenvalue weighted by atomic mass is 16.2. The van der Waals surface area contributed by atoms with Crippen LogP contribution in [-0.2, 0) is 0 Å². The number of nitrogen functional groups attached to an aromatic ring is 1. The molecule has 1 aromatic rings. The van der Waals surface area contributed by atoms with Gasteiger partial charge >= 0.3 is 0 Å². The largest absolute Gasteiger partial charge is 0.399 e. The molecule has 1 aliphatic rings. The Kier molecular flexibility index (Phi) is 2.81. The van der Waals surface area contributed by atoms with E-state index in [4.69, 9.17) is 5.73 Å². The molecule has 0 spiro atoms. The van der Waals surface area contributed by atoms with Crippen LogP contribution in [0.5, 0.6) is 0 Å². The lowest BCUT2D eigenvalue weighted by atomic mass is 10.2. The number of nitrogens with two attached hydrogens (primary N) is 1. The first-order chi connectivity index (χ1) is 7.59. The van der Waals surface area contributed by atoms with E-state index in [1.54, 1.807) is 23.2 Å². The highest BCUT2D eigenvalue weighted by Crippen LogP contribution is 2.34. The van der Waals surface area contributed by atoms with E-state index >= 15 is 0 Å². The Morgan fingerprint density at radius 1 is 1.62 bits per heavy atom. The molecular formula is C12H17N3O. The van der Waals surface area contributed by atoms with Crippen LogP contribution in [0.1, 0.15) is 30.3 Å². The Balaban J connectivity index is 2.11. The van der Waals surface area contributed by atoms with Gasteiger partial charge < -0.3 is 10.6 Å². The maximum Gasteiger partial charge on any atom is 0.272 e. The molecule has 86 valence electrons. The van der Waals surface area contributed by atoms with Crippen molar-refractivity contribution in [1.29, 1.82) is 0 Å². The standard InChI is InChI=1S/C12H17N3O/c1-8(9-3-4-9)15(2)12(16)11-7-10(13)5-6-14-11/h5-9H,3-4H2,1-2H3,(H2,13,14). The second kappa shape index (κ2) is 4.12. The van der Waals surface area contributed by atoms with Crippen molar-refractivity contribution >= 4 is 11.6 Å². The van der Waals surface area contributed by atoms with Crippen LogP contribution in [0.15, 0.2) is 18.3 Å². The Labute approximate surface area is 95.5 Å². The fourth-order valence-electron chi connectivity index (χ4n) is 1.82. The van der Waals surface area contributed by atoms with Crippen molar-refractivity contribution in [3.8, 4) is 0 Å². The normalized spacial score (nSPS) is 16.9. The summed E-state index contributed by atoms with van der Waals surface area (Å²) in [5, 5.41) is 0. The number of hydrogen-bond donors (Lipinski definition) is 1. The zero-order valence-corrected chi connectivity index (χ0v) is 9.68. The maximum atomic E-state index is 12.1.